The molecule has 122 valence electrons. The Bertz CT molecular complexity index is 681. The Morgan fingerprint density at radius 2 is 1.83 bits per heavy atom. The molecule has 0 unspecified atom stereocenters. The van der Waals surface area contributed by atoms with Crippen LogP contribution in [0.2, 0.25) is 4.34 Å². The van der Waals surface area contributed by atoms with E-state index in [0.29, 0.717) is 15.8 Å². The smallest absolute Gasteiger partial charge is 0.223 e. The molecule has 0 fully saturated rings. The van der Waals surface area contributed by atoms with Gasteiger partial charge in [-0.2, -0.15) is 0 Å². The van der Waals surface area contributed by atoms with Crippen molar-refractivity contribution in [3.63, 3.8) is 0 Å². The van der Waals surface area contributed by atoms with Gasteiger partial charge in [-0.1, -0.05) is 23.7 Å². The molecule has 0 bridgehead atoms. The summed E-state index contributed by atoms with van der Waals surface area (Å²) in [6.07, 6.45) is 0.392. The maximum absolute atomic E-state index is 12.1. The van der Waals surface area contributed by atoms with Crippen LogP contribution >= 0.6 is 22.9 Å². The number of hydrogen-bond acceptors (Lipinski definition) is 4. The molecule has 1 aromatic heterocycles. The third-order valence-corrected chi connectivity index (χ3v) is 4.69. The fourth-order valence-electron chi connectivity index (χ4n) is 2.09. The van der Waals surface area contributed by atoms with Crippen molar-refractivity contribution in [3.8, 4) is 5.75 Å². The first kappa shape index (κ1) is 17.5. The van der Waals surface area contributed by atoms with Crippen molar-refractivity contribution < 1.29 is 14.3 Å². The minimum atomic E-state index is -0.0585. The fraction of sp³-hybridized carbons (Fsp3) is 0.294. The van der Waals surface area contributed by atoms with E-state index in [1.54, 1.807) is 31.2 Å². The van der Waals surface area contributed by atoms with Crippen molar-refractivity contribution in [3.05, 3.63) is 51.2 Å². The predicted octanol–water partition coefficient (Wildman–Crippen LogP) is 4.03. The SMILES string of the molecule is COc1ccc(CN(C)C(=O)CCC(=O)c2ccc(Cl)s2)cc1. The second-order valence-electron chi connectivity index (χ2n) is 5.12. The number of rotatable bonds is 7. The number of nitrogens with zero attached hydrogens (tertiary/aromatic N) is 1. The summed E-state index contributed by atoms with van der Waals surface area (Å²) < 4.78 is 5.68. The lowest BCUT2D eigenvalue weighted by molar-refractivity contribution is -0.130. The monoisotopic (exact) mass is 351 g/mol. The molecule has 1 heterocycles. The summed E-state index contributed by atoms with van der Waals surface area (Å²) in [7, 11) is 3.35. The van der Waals surface area contributed by atoms with Gasteiger partial charge in [0.05, 0.1) is 16.3 Å². The van der Waals surface area contributed by atoms with Crippen molar-refractivity contribution >= 4 is 34.6 Å². The number of methoxy groups -OCH3 is 1. The van der Waals surface area contributed by atoms with Gasteiger partial charge in [0.15, 0.2) is 5.78 Å². The summed E-state index contributed by atoms with van der Waals surface area (Å²) in [4.78, 5) is 26.3. The summed E-state index contributed by atoms with van der Waals surface area (Å²) in [5, 5.41) is 0. The van der Waals surface area contributed by atoms with E-state index in [9.17, 15) is 9.59 Å². The number of thiophene rings is 1. The number of benzene rings is 1. The molecule has 6 heteroatoms. The summed E-state index contributed by atoms with van der Waals surface area (Å²) in [5.74, 6) is 0.674. The summed E-state index contributed by atoms with van der Waals surface area (Å²) in [5.41, 5.74) is 1.01. The Morgan fingerprint density at radius 1 is 1.13 bits per heavy atom. The molecule has 0 saturated heterocycles. The van der Waals surface area contributed by atoms with Gasteiger partial charge in [-0.05, 0) is 29.8 Å². The number of ether oxygens (including phenoxy) is 1. The molecule has 0 aliphatic rings. The number of ketones is 1. The Hall–Kier alpha value is -1.85. The average Bonchev–Trinajstić information content (AvgIpc) is 2.99. The van der Waals surface area contributed by atoms with Crippen LogP contribution in [0.1, 0.15) is 28.1 Å². The highest BCUT2D eigenvalue weighted by Crippen LogP contribution is 2.23. The number of hydrogen-bond donors (Lipinski definition) is 0. The lowest BCUT2D eigenvalue weighted by Crippen LogP contribution is -2.26. The molecule has 0 spiro atoms. The van der Waals surface area contributed by atoms with Gasteiger partial charge in [0.1, 0.15) is 5.75 Å². The maximum Gasteiger partial charge on any atom is 0.223 e. The Morgan fingerprint density at radius 3 is 2.39 bits per heavy atom. The van der Waals surface area contributed by atoms with E-state index >= 15 is 0 Å². The minimum absolute atomic E-state index is 0.0481. The molecule has 2 aromatic rings. The number of halogens is 1. The van der Waals surface area contributed by atoms with E-state index < -0.39 is 0 Å². The molecule has 1 amide bonds. The van der Waals surface area contributed by atoms with Gasteiger partial charge < -0.3 is 9.64 Å². The number of carbonyl (C=O) groups excluding carboxylic acids is 2. The molecular weight excluding hydrogens is 334 g/mol. The van der Waals surface area contributed by atoms with Gasteiger partial charge in [-0.25, -0.2) is 0 Å². The third kappa shape index (κ3) is 5.08. The quantitative estimate of drug-likeness (QED) is 0.707. The molecule has 0 aliphatic carbocycles. The van der Waals surface area contributed by atoms with Gasteiger partial charge in [0, 0.05) is 26.4 Å². The van der Waals surface area contributed by atoms with Gasteiger partial charge in [0.2, 0.25) is 5.91 Å². The second-order valence-corrected chi connectivity index (χ2v) is 6.84. The van der Waals surface area contributed by atoms with Crippen LogP contribution in [0.25, 0.3) is 0 Å². The minimum Gasteiger partial charge on any atom is -0.497 e. The van der Waals surface area contributed by atoms with Crippen LogP contribution in [-0.2, 0) is 11.3 Å². The molecule has 0 N–H and O–H groups in total. The first-order valence-corrected chi connectivity index (χ1v) is 8.34. The zero-order chi connectivity index (χ0) is 16.8. The molecule has 23 heavy (non-hydrogen) atoms. The lowest BCUT2D eigenvalue weighted by atomic mass is 10.1. The van der Waals surface area contributed by atoms with E-state index in [0.717, 1.165) is 11.3 Å². The van der Waals surface area contributed by atoms with E-state index in [1.165, 1.54) is 11.3 Å². The van der Waals surface area contributed by atoms with Crippen molar-refractivity contribution in [1.29, 1.82) is 0 Å². The summed E-state index contributed by atoms with van der Waals surface area (Å²) >= 11 is 7.05. The predicted molar refractivity (Wildman–Crippen MR) is 92.4 cm³/mol. The Kier molecular flexibility index (Phi) is 6.19. The summed E-state index contributed by atoms with van der Waals surface area (Å²) in [6, 6.07) is 10.9. The number of amides is 1. The molecular formula is C17H18ClNO3S. The first-order chi connectivity index (χ1) is 11.0. The Balaban J connectivity index is 1.83. The van der Waals surface area contributed by atoms with Crippen LogP contribution in [0.5, 0.6) is 5.75 Å². The van der Waals surface area contributed by atoms with Crippen molar-refractivity contribution in [2.75, 3.05) is 14.2 Å². The molecule has 0 radical (unpaired) electrons. The topological polar surface area (TPSA) is 46.6 Å². The van der Waals surface area contributed by atoms with Crippen molar-refractivity contribution in [1.82, 2.24) is 4.90 Å². The third-order valence-electron chi connectivity index (χ3n) is 3.42. The molecule has 0 aliphatic heterocycles. The summed E-state index contributed by atoms with van der Waals surface area (Å²) in [6.45, 7) is 0.502. The lowest BCUT2D eigenvalue weighted by Gasteiger charge is -2.17. The number of carbonyl (C=O) groups is 2. The van der Waals surface area contributed by atoms with Crippen LogP contribution in [0.4, 0.5) is 0 Å². The van der Waals surface area contributed by atoms with Gasteiger partial charge in [0.25, 0.3) is 0 Å². The van der Waals surface area contributed by atoms with Gasteiger partial charge in [-0.3, -0.25) is 9.59 Å². The normalized spacial score (nSPS) is 10.4. The molecule has 2 rings (SSSR count). The van der Waals surface area contributed by atoms with E-state index in [4.69, 9.17) is 16.3 Å². The number of Topliss-reactive ketones (excluding diaryl/α,β-unsaturated/α-hetero) is 1. The zero-order valence-corrected chi connectivity index (χ0v) is 14.6. The maximum atomic E-state index is 12.1. The molecule has 1 aromatic carbocycles. The molecule has 0 atom stereocenters. The van der Waals surface area contributed by atoms with E-state index in [-0.39, 0.29) is 24.5 Å². The van der Waals surface area contributed by atoms with Crippen LogP contribution in [0.3, 0.4) is 0 Å². The standard InChI is InChI=1S/C17H18ClNO3S/c1-19(11-12-3-5-13(22-2)6-4-12)17(21)10-7-14(20)15-8-9-16(18)23-15/h3-6,8-9H,7,10-11H2,1-2H3. The van der Waals surface area contributed by atoms with Crippen LogP contribution in [0.15, 0.2) is 36.4 Å². The van der Waals surface area contributed by atoms with Crippen molar-refractivity contribution in [2.45, 2.75) is 19.4 Å². The van der Waals surface area contributed by atoms with E-state index in [2.05, 4.69) is 0 Å². The largest absolute Gasteiger partial charge is 0.497 e. The molecule has 0 saturated carbocycles. The molecule has 4 nitrogen and oxygen atoms in total. The highest BCUT2D eigenvalue weighted by Gasteiger charge is 2.14. The van der Waals surface area contributed by atoms with Crippen molar-refractivity contribution in [2.24, 2.45) is 0 Å². The highest BCUT2D eigenvalue weighted by atomic mass is 35.5. The van der Waals surface area contributed by atoms with Crippen LogP contribution < -0.4 is 4.74 Å². The Labute approximate surface area is 144 Å². The van der Waals surface area contributed by atoms with Crippen LogP contribution in [0, 0.1) is 0 Å². The highest BCUT2D eigenvalue weighted by molar-refractivity contribution is 7.18. The second kappa shape index (κ2) is 8.13. The average molecular weight is 352 g/mol. The zero-order valence-electron chi connectivity index (χ0n) is 13.0. The van der Waals surface area contributed by atoms with Crippen LogP contribution in [-0.4, -0.2) is 30.7 Å². The van der Waals surface area contributed by atoms with Gasteiger partial charge >= 0.3 is 0 Å². The van der Waals surface area contributed by atoms with E-state index in [1.807, 2.05) is 24.3 Å². The fourth-order valence-corrected chi connectivity index (χ4v) is 3.10. The van der Waals surface area contributed by atoms with Gasteiger partial charge in [-0.15, -0.1) is 11.3 Å². The first-order valence-electron chi connectivity index (χ1n) is 7.15.